The minimum atomic E-state index is 0.151. The van der Waals surface area contributed by atoms with Crippen LogP contribution in [0, 0.1) is 0 Å². The van der Waals surface area contributed by atoms with Gasteiger partial charge in [0.25, 0.3) is 5.88 Å². The first-order valence-electron chi connectivity index (χ1n) is 8.80. The van der Waals surface area contributed by atoms with Crippen LogP contribution in [0.3, 0.4) is 0 Å². The molecule has 3 aromatic rings. The fraction of sp³-hybridized carbons (Fsp3) is 0.444. The number of fused-ring (bicyclic) bond motifs is 1. The highest BCUT2D eigenvalue weighted by Crippen LogP contribution is 2.27. The quantitative estimate of drug-likeness (QED) is 0.696. The van der Waals surface area contributed by atoms with Crippen molar-refractivity contribution in [1.82, 2.24) is 24.7 Å². The molecular formula is C18H21N5O3. The molecule has 136 valence electrons. The zero-order valence-electron chi connectivity index (χ0n) is 14.7. The highest BCUT2D eigenvalue weighted by atomic mass is 16.5. The van der Waals surface area contributed by atoms with Crippen LogP contribution in [0.15, 0.2) is 35.1 Å². The molecule has 8 nitrogen and oxygen atoms in total. The average Bonchev–Trinajstić information content (AvgIpc) is 3.34. The summed E-state index contributed by atoms with van der Waals surface area (Å²) in [5.41, 5.74) is 1.95. The topological polar surface area (TPSA) is 85.8 Å². The summed E-state index contributed by atoms with van der Waals surface area (Å²) in [5, 5.41) is 7.93. The molecular weight excluding hydrogens is 334 g/mol. The third-order valence-electron chi connectivity index (χ3n) is 4.88. The summed E-state index contributed by atoms with van der Waals surface area (Å²) >= 11 is 0. The van der Waals surface area contributed by atoms with Crippen molar-refractivity contribution in [3.63, 3.8) is 0 Å². The standard InChI is InChI=1S/C18H21N5O3/c1-25-17-12-14(26-21-17)2-3-18(24)22-9-5-13(6-10-22)15-7-11-23-16(20-15)4-8-19-23/h4,7-8,11-13H,2-3,5-6,9-10H2,1H3. The highest BCUT2D eigenvalue weighted by molar-refractivity contribution is 5.76. The lowest BCUT2D eigenvalue weighted by Crippen LogP contribution is -2.38. The van der Waals surface area contributed by atoms with E-state index in [9.17, 15) is 4.79 Å². The van der Waals surface area contributed by atoms with Crippen molar-refractivity contribution < 1.29 is 14.1 Å². The van der Waals surface area contributed by atoms with Gasteiger partial charge in [-0.3, -0.25) is 4.79 Å². The van der Waals surface area contributed by atoms with Crippen molar-refractivity contribution in [3.05, 3.63) is 42.0 Å². The summed E-state index contributed by atoms with van der Waals surface area (Å²) in [6.45, 7) is 1.52. The molecule has 1 saturated heterocycles. The van der Waals surface area contributed by atoms with Crippen molar-refractivity contribution >= 4 is 11.6 Å². The Morgan fingerprint density at radius 3 is 2.96 bits per heavy atom. The molecule has 0 saturated carbocycles. The van der Waals surface area contributed by atoms with Crippen molar-refractivity contribution in [3.8, 4) is 5.88 Å². The molecule has 0 atom stereocenters. The van der Waals surface area contributed by atoms with Gasteiger partial charge < -0.3 is 14.2 Å². The summed E-state index contributed by atoms with van der Waals surface area (Å²) in [5.74, 6) is 1.65. The van der Waals surface area contributed by atoms with E-state index in [0.717, 1.165) is 37.3 Å². The Labute approximate surface area is 150 Å². The van der Waals surface area contributed by atoms with Gasteiger partial charge in [-0.15, -0.1) is 0 Å². The third-order valence-corrected chi connectivity index (χ3v) is 4.88. The summed E-state index contributed by atoms with van der Waals surface area (Å²) in [4.78, 5) is 19.0. The molecule has 0 aliphatic carbocycles. The molecule has 1 aliphatic heterocycles. The largest absolute Gasteiger partial charge is 0.479 e. The number of carbonyl (C=O) groups is 1. The van der Waals surface area contributed by atoms with Crippen LogP contribution in [0.25, 0.3) is 5.65 Å². The fourth-order valence-electron chi connectivity index (χ4n) is 3.38. The predicted molar refractivity (Wildman–Crippen MR) is 92.9 cm³/mol. The smallest absolute Gasteiger partial charge is 0.254 e. The second-order valence-electron chi connectivity index (χ2n) is 6.48. The number of ether oxygens (including phenoxy) is 1. The summed E-state index contributed by atoms with van der Waals surface area (Å²) in [6, 6.07) is 5.65. The van der Waals surface area contributed by atoms with Gasteiger partial charge in [-0.1, -0.05) is 0 Å². The van der Waals surface area contributed by atoms with E-state index >= 15 is 0 Å². The van der Waals surface area contributed by atoms with Crippen molar-refractivity contribution in [2.24, 2.45) is 0 Å². The number of nitrogens with zero attached hydrogens (tertiary/aromatic N) is 5. The number of amides is 1. The summed E-state index contributed by atoms with van der Waals surface area (Å²) < 4.78 is 11.9. The maximum absolute atomic E-state index is 12.4. The van der Waals surface area contributed by atoms with Crippen LogP contribution in [-0.4, -0.2) is 50.8 Å². The Hall–Kier alpha value is -2.90. The minimum absolute atomic E-state index is 0.151. The fourth-order valence-corrected chi connectivity index (χ4v) is 3.38. The molecule has 3 aromatic heterocycles. The van der Waals surface area contributed by atoms with Gasteiger partial charge in [0.15, 0.2) is 5.65 Å². The highest BCUT2D eigenvalue weighted by Gasteiger charge is 2.25. The van der Waals surface area contributed by atoms with Crippen molar-refractivity contribution in [2.75, 3.05) is 20.2 Å². The lowest BCUT2D eigenvalue weighted by atomic mass is 9.93. The van der Waals surface area contributed by atoms with Crippen LogP contribution >= 0.6 is 0 Å². The Kier molecular flexibility index (Phi) is 4.55. The SMILES string of the molecule is COc1cc(CCC(=O)N2CCC(c3ccn4nccc4n3)CC2)on1. The van der Waals surface area contributed by atoms with Gasteiger partial charge in [-0.05, 0) is 24.1 Å². The van der Waals surface area contributed by atoms with E-state index in [1.54, 1.807) is 16.8 Å². The van der Waals surface area contributed by atoms with E-state index in [1.807, 2.05) is 23.2 Å². The van der Waals surface area contributed by atoms with E-state index in [1.165, 1.54) is 7.11 Å². The van der Waals surface area contributed by atoms with Gasteiger partial charge >= 0.3 is 0 Å². The number of hydrogen-bond acceptors (Lipinski definition) is 6. The summed E-state index contributed by atoms with van der Waals surface area (Å²) in [6.07, 6.45) is 6.51. The van der Waals surface area contributed by atoms with E-state index in [4.69, 9.17) is 9.26 Å². The van der Waals surface area contributed by atoms with Crippen LogP contribution < -0.4 is 4.74 Å². The van der Waals surface area contributed by atoms with E-state index in [-0.39, 0.29) is 5.91 Å². The molecule has 0 spiro atoms. The first-order chi connectivity index (χ1) is 12.7. The monoisotopic (exact) mass is 355 g/mol. The number of aromatic nitrogens is 4. The number of piperidine rings is 1. The van der Waals surface area contributed by atoms with E-state index in [0.29, 0.717) is 30.4 Å². The first kappa shape index (κ1) is 16.6. The first-order valence-corrected chi connectivity index (χ1v) is 8.80. The second-order valence-corrected chi connectivity index (χ2v) is 6.48. The Morgan fingerprint density at radius 1 is 1.35 bits per heavy atom. The maximum Gasteiger partial charge on any atom is 0.254 e. The number of aryl methyl sites for hydroxylation is 1. The van der Waals surface area contributed by atoms with Gasteiger partial charge in [-0.25, -0.2) is 9.50 Å². The zero-order valence-corrected chi connectivity index (χ0v) is 14.7. The predicted octanol–water partition coefficient (Wildman–Crippen LogP) is 2.06. The molecule has 0 radical (unpaired) electrons. The third kappa shape index (κ3) is 3.40. The molecule has 1 aliphatic rings. The van der Waals surface area contributed by atoms with E-state index < -0.39 is 0 Å². The molecule has 0 N–H and O–H groups in total. The molecule has 0 unspecified atom stereocenters. The second kappa shape index (κ2) is 7.15. The van der Waals surface area contributed by atoms with Crippen molar-refractivity contribution in [2.45, 2.75) is 31.6 Å². The van der Waals surface area contributed by atoms with Crippen LogP contribution in [-0.2, 0) is 11.2 Å². The number of likely N-dealkylation sites (tertiary alicyclic amines) is 1. The van der Waals surface area contributed by atoms with Gasteiger partial charge in [-0.2, -0.15) is 5.10 Å². The zero-order chi connectivity index (χ0) is 17.9. The molecule has 0 bridgehead atoms. The number of carbonyl (C=O) groups excluding carboxylic acids is 1. The molecule has 0 aromatic carbocycles. The van der Waals surface area contributed by atoms with Crippen LogP contribution in [0.4, 0.5) is 0 Å². The van der Waals surface area contributed by atoms with Gasteiger partial charge in [0.05, 0.1) is 13.3 Å². The minimum Gasteiger partial charge on any atom is -0.479 e. The molecule has 1 amide bonds. The van der Waals surface area contributed by atoms with Crippen molar-refractivity contribution in [1.29, 1.82) is 0 Å². The number of hydrogen-bond donors (Lipinski definition) is 0. The van der Waals surface area contributed by atoms with Crippen LogP contribution in [0.5, 0.6) is 5.88 Å². The molecule has 4 rings (SSSR count). The average molecular weight is 355 g/mol. The summed E-state index contributed by atoms with van der Waals surface area (Å²) in [7, 11) is 1.54. The van der Waals surface area contributed by atoms with Crippen LogP contribution in [0.1, 0.15) is 36.6 Å². The number of rotatable bonds is 5. The lowest BCUT2D eigenvalue weighted by molar-refractivity contribution is -0.132. The Balaban J connectivity index is 1.30. The van der Waals surface area contributed by atoms with Crippen LogP contribution in [0.2, 0.25) is 0 Å². The maximum atomic E-state index is 12.4. The van der Waals surface area contributed by atoms with Gasteiger partial charge in [0, 0.05) is 55.9 Å². The molecule has 1 fully saturated rings. The number of methoxy groups -OCH3 is 1. The molecule has 8 heteroatoms. The normalized spacial score (nSPS) is 15.5. The lowest BCUT2D eigenvalue weighted by Gasteiger charge is -2.31. The Morgan fingerprint density at radius 2 is 2.19 bits per heavy atom. The van der Waals surface area contributed by atoms with Gasteiger partial charge in [0.1, 0.15) is 5.76 Å². The molecule has 4 heterocycles. The Bertz CT molecular complexity index is 895. The van der Waals surface area contributed by atoms with Gasteiger partial charge in [0.2, 0.25) is 5.91 Å². The molecule has 26 heavy (non-hydrogen) atoms. The van der Waals surface area contributed by atoms with E-state index in [2.05, 4.69) is 15.2 Å².